The number of hydrogen-bond acceptors (Lipinski definition) is 5. The monoisotopic (exact) mass is 332 g/mol. The summed E-state index contributed by atoms with van der Waals surface area (Å²) < 4.78 is 4.99. The van der Waals surface area contributed by atoms with Crippen molar-refractivity contribution in [3.05, 3.63) is 18.3 Å². The van der Waals surface area contributed by atoms with Crippen molar-refractivity contribution in [2.24, 2.45) is 5.92 Å². The maximum absolute atomic E-state index is 12.4. The molecule has 3 rings (SSSR count). The minimum absolute atomic E-state index is 0.00899. The summed E-state index contributed by atoms with van der Waals surface area (Å²) in [5.74, 6) is 0.522. The van der Waals surface area contributed by atoms with Crippen LogP contribution in [-0.4, -0.2) is 61.6 Å². The molecule has 1 aromatic heterocycles. The lowest BCUT2D eigenvalue weighted by Gasteiger charge is -2.17. The van der Waals surface area contributed by atoms with Gasteiger partial charge in [0.1, 0.15) is 5.82 Å². The van der Waals surface area contributed by atoms with E-state index < -0.39 is 0 Å². The predicted octanol–water partition coefficient (Wildman–Crippen LogP) is 1.12. The second kappa shape index (κ2) is 7.61. The van der Waals surface area contributed by atoms with Gasteiger partial charge in [0.2, 0.25) is 11.8 Å². The van der Waals surface area contributed by atoms with E-state index in [1.165, 1.54) is 12.8 Å². The Labute approximate surface area is 142 Å². The first-order valence-electron chi connectivity index (χ1n) is 8.46. The fraction of sp³-hybridized carbons (Fsp3) is 0.588. The van der Waals surface area contributed by atoms with Crippen molar-refractivity contribution in [3.8, 4) is 0 Å². The van der Waals surface area contributed by atoms with Crippen LogP contribution in [0.3, 0.4) is 0 Å². The van der Waals surface area contributed by atoms with Crippen molar-refractivity contribution < 1.29 is 14.3 Å². The largest absolute Gasteiger partial charge is 0.383 e. The highest BCUT2D eigenvalue weighted by Crippen LogP contribution is 2.22. The van der Waals surface area contributed by atoms with E-state index in [0.717, 1.165) is 18.9 Å². The van der Waals surface area contributed by atoms with Gasteiger partial charge in [-0.05, 0) is 25.0 Å². The SMILES string of the molecule is COCCN1CC(C(=O)Nc2ccc(N3CCCC3)nc2)CC1=O. The van der Waals surface area contributed by atoms with E-state index in [0.29, 0.717) is 25.4 Å². The summed E-state index contributed by atoms with van der Waals surface area (Å²) in [5.41, 5.74) is 0.672. The van der Waals surface area contributed by atoms with E-state index in [9.17, 15) is 9.59 Å². The zero-order valence-electron chi connectivity index (χ0n) is 14.0. The highest BCUT2D eigenvalue weighted by atomic mass is 16.5. The van der Waals surface area contributed by atoms with Gasteiger partial charge in [0.25, 0.3) is 0 Å². The van der Waals surface area contributed by atoms with Gasteiger partial charge < -0.3 is 19.9 Å². The standard InChI is InChI=1S/C17H24N4O3/c1-24-9-8-21-12-13(10-16(21)22)17(23)19-14-4-5-15(18-11-14)20-6-2-3-7-20/h4-5,11,13H,2-3,6-10,12H2,1H3,(H,19,23). The number of ether oxygens (including phenoxy) is 1. The quantitative estimate of drug-likeness (QED) is 0.845. The molecule has 0 bridgehead atoms. The summed E-state index contributed by atoms with van der Waals surface area (Å²) in [6.45, 7) is 3.56. The fourth-order valence-corrected chi connectivity index (χ4v) is 3.20. The highest BCUT2D eigenvalue weighted by Gasteiger charge is 2.34. The van der Waals surface area contributed by atoms with Gasteiger partial charge in [-0.15, -0.1) is 0 Å². The Kier molecular flexibility index (Phi) is 5.30. The van der Waals surface area contributed by atoms with Crippen LogP contribution in [0.1, 0.15) is 19.3 Å². The lowest BCUT2D eigenvalue weighted by atomic mass is 10.1. The first-order valence-corrected chi connectivity index (χ1v) is 8.46. The second-order valence-electron chi connectivity index (χ2n) is 6.32. The van der Waals surface area contributed by atoms with Crippen LogP contribution in [0.2, 0.25) is 0 Å². The van der Waals surface area contributed by atoms with Gasteiger partial charge in [0, 0.05) is 39.7 Å². The predicted molar refractivity (Wildman–Crippen MR) is 90.9 cm³/mol. The Balaban J connectivity index is 1.54. The molecule has 0 aromatic carbocycles. The number of rotatable bonds is 6. The molecule has 1 aromatic rings. The molecule has 1 unspecified atom stereocenters. The Bertz CT molecular complexity index is 584. The maximum Gasteiger partial charge on any atom is 0.229 e. The molecule has 2 aliphatic heterocycles. The normalized spacial score (nSPS) is 20.7. The molecule has 2 amide bonds. The van der Waals surface area contributed by atoms with Crippen LogP contribution in [-0.2, 0) is 14.3 Å². The minimum atomic E-state index is -0.312. The first kappa shape index (κ1) is 16.7. The van der Waals surface area contributed by atoms with Gasteiger partial charge >= 0.3 is 0 Å². The number of carbonyl (C=O) groups excluding carboxylic acids is 2. The van der Waals surface area contributed by atoms with Crippen LogP contribution in [0, 0.1) is 5.92 Å². The van der Waals surface area contributed by atoms with Crippen molar-refractivity contribution >= 4 is 23.3 Å². The fourth-order valence-electron chi connectivity index (χ4n) is 3.20. The molecule has 2 saturated heterocycles. The van der Waals surface area contributed by atoms with E-state index in [-0.39, 0.29) is 24.2 Å². The third-order valence-electron chi connectivity index (χ3n) is 4.60. The van der Waals surface area contributed by atoms with Gasteiger partial charge in [-0.25, -0.2) is 4.98 Å². The molecular weight excluding hydrogens is 308 g/mol. The molecule has 130 valence electrons. The van der Waals surface area contributed by atoms with Crippen molar-refractivity contribution in [2.75, 3.05) is 50.1 Å². The number of carbonyl (C=O) groups is 2. The Hall–Kier alpha value is -2.15. The second-order valence-corrected chi connectivity index (χ2v) is 6.32. The molecule has 0 spiro atoms. The number of nitrogens with one attached hydrogen (secondary N) is 1. The van der Waals surface area contributed by atoms with Crippen LogP contribution in [0.4, 0.5) is 11.5 Å². The van der Waals surface area contributed by atoms with Gasteiger partial charge in [-0.2, -0.15) is 0 Å². The summed E-state index contributed by atoms with van der Waals surface area (Å²) in [6.07, 6.45) is 4.35. The average molecular weight is 332 g/mol. The number of methoxy groups -OCH3 is 1. The Morgan fingerprint density at radius 2 is 2.17 bits per heavy atom. The lowest BCUT2D eigenvalue weighted by Crippen LogP contribution is -2.30. The van der Waals surface area contributed by atoms with Gasteiger partial charge in [0.15, 0.2) is 0 Å². The summed E-state index contributed by atoms with van der Waals surface area (Å²) in [4.78, 5) is 32.6. The number of amides is 2. The van der Waals surface area contributed by atoms with Gasteiger partial charge in [0.05, 0.1) is 24.4 Å². The Morgan fingerprint density at radius 3 is 2.83 bits per heavy atom. The molecule has 0 radical (unpaired) electrons. The zero-order valence-corrected chi connectivity index (χ0v) is 14.0. The van der Waals surface area contributed by atoms with Crippen LogP contribution in [0.5, 0.6) is 0 Å². The third-order valence-corrected chi connectivity index (χ3v) is 4.60. The summed E-state index contributed by atoms with van der Waals surface area (Å²) in [6, 6.07) is 3.81. The molecule has 7 heteroatoms. The summed E-state index contributed by atoms with van der Waals surface area (Å²) in [7, 11) is 1.60. The number of likely N-dealkylation sites (tertiary alicyclic amines) is 1. The van der Waals surface area contributed by atoms with E-state index >= 15 is 0 Å². The van der Waals surface area contributed by atoms with Crippen molar-refractivity contribution in [1.29, 1.82) is 0 Å². The molecule has 2 fully saturated rings. The van der Waals surface area contributed by atoms with Crippen LogP contribution in [0.25, 0.3) is 0 Å². The Morgan fingerprint density at radius 1 is 1.38 bits per heavy atom. The third kappa shape index (κ3) is 3.84. The van der Waals surface area contributed by atoms with E-state index in [4.69, 9.17) is 4.74 Å². The van der Waals surface area contributed by atoms with E-state index in [2.05, 4.69) is 15.2 Å². The highest BCUT2D eigenvalue weighted by molar-refractivity contribution is 5.97. The zero-order chi connectivity index (χ0) is 16.9. The molecular formula is C17H24N4O3. The molecule has 3 heterocycles. The maximum atomic E-state index is 12.4. The molecule has 1 atom stereocenters. The van der Waals surface area contributed by atoms with Gasteiger partial charge in [-0.3, -0.25) is 9.59 Å². The van der Waals surface area contributed by atoms with Gasteiger partial charge in [-0.1, -0.05) is 0 Å². The summed E-state index contributed by atoms with van der Waals surface area (Å²) in [5, 5.41) is 2.87. The molecule has 7 nitrogen and oxygen atoms in total. The lowest BCUT2D eigenvalue weighted by molar-refractivity contribution is -0.128. The number of hydrogen-bond donors (Lipinski definition) is 1. The summed E-state index contributed by atoms with van der Waals surface area (Å²) >= 11 is 0. The number of aromatic nitrogens is 1. The van der Waals surface area contributed by atoms with Crippen LogP contribution >= 0.6 is 0 Å². The smallest absolute Gasteiger partial charge is 0.229 e. The van der Waals surface area contributed by atoms with E-state index in [1.807, 2.05) is 12.1 Å². The van der Waals surface area contributed by atoms with E-state index in [1.54, 1.807) is 18.2 Å². The van der Waals surface area contributed by atoms with Crippen molar-refractivity contribution in [3.63, 3.8) is 0 Å². The van der Waals surface area contributed by atoms with Crippen LogP contribution < -0.4 is 10.2 Å². The number of nitrogens with zero attached hydrogens (tertiary/aromatic N) is 3. The molecule has 0 saturated carbocycles. The molecule has 2 aliphatic rings. The number of pyridine rings is 1. The topological polar surface area (TPSA) is 74.8 Å². The number of anilines is 2. The minimum Gasteiger partial charge on any atom is -0.383 e. The molecule has 0 aliphatic carbocycles. The average Bonchev–Trinajstić information content (AvgIpc) is 3.24. The first-order chi connectivity index (χ1) is 11.7. The van der Waals surface area contributed by atoms with Crippen molar-refractivity contribution in [1.82, 2.24) is 9.88 Å². The molecule has 1 N–H and O–H groups in total. The van der Waals surface area contributed by atoms with Crippen molar-refractivity contribution in [2.45, 2.75) is 19.3 Å². The molecule has 24 heavy (non-hydrogen) atoms. The van der Waals surface area contributed by atoms with Crippen LogP contribution in [0.15, 0.2) is 18.3 Å².